The van der Waals surface area contributed by atoms with Crippen LogP contribution in [0.1, 0.15) is 30.2 Å². The van der Waals surface area contributed by atoms with Crippen LogP contribution in [0.3, 0.4) is 0 Å². The highest BCUT2D eigenvalue weighted by molar-refractivity contribution is 7.88. The van der Waals surface area contributed by atoms with Gasteiger partial charge in [0.1, 0.15) is 5.82 Å². The van der Waals surface area contributed by atoms with Crippen LogP contribution in [0.25, 0.3) is 0 Å². The molecule has 0 saturated heterocycles. The maximum Gasteiger partial charge on any atom is 0.209 e. The molecule has 2 aromatic rings. The first-order valence-corrected chi connectivity index (χ1v) is 9.69. The van der Waals surface area contributed by atoms with Gasteiger partial charge in [-0.05, 0) is 24.6 Å². The third-order valence-corrected chi connectivity index (χ3v) is 4.33. The first-order chi connectivity index (χ1) is 11.3. The van der Waals surface area contributed by atoms with Gasteiger partial charge in [-0.25, -0.2) is 22.8 Å². The maximum absolute atomic E-state index is 11.5. The normalized spacial score (nSPS) is 13.2. The Morgan fingerprint density at radius 3 is 2.58 bits per heavy atom. The molecule has 0 bridgehead atoms. The Morgan fingerprint density at radius 1 is 1.33 bits per heavy atom. The van der Waals surface area contributed by atoms with E-state index < -0.39 is 16.1 Å². The smallest absolute Gasteiger partial charge is 0.209 e. The Morgan fingerprint density at radius 2 is 2.00 bits per heavy atom. The fourth-order valence-corrected chi connectivity index (χ4v) is 3.15. The summed E-state index contributed by atoms with van der Waals surface area (Å²) in [6, 6.07) is 6.92. The molecule has 0 saturated carbocycles. The Balaban J connectivity index is 2.28. The second kappa shape index (κ2) is 8.06. The summed E-state index contributed by atoms with van der Waals surface area (Å²) in [5, 5.41) is 5.13. The number of benzene rings is 1. The van der Waals surface area contributed by atoms with Gasteiger partial charge in [0, 0.05) is 18.6 Å². The van der Waals surface area contributed by atoms with Crippen LogP contribution in [0.15, 0.2) is 24.3 Å². The van der Waals surface area contributed by atoms with Gasteiger partial charge in [-0.2, -0.15) is 5.10 Å². The van der Waals surface area contributed by atoms with Gasteiger partial charge in [-0.3, -0.25) is 0 Å². The van der Waals surface area contributed by atoms with Gasteiger partial charge in [0.15, 0.2) is 5.82 Å². The summed E-state index contributed by atoms with van der Waals surface area (Å²) in [6.07, 6.45) is 1.68. The lowest BCUT2D eigenvalue weighted by Gasteiger charge is -2.13. The van der Waals surface area contributed by atoms with Gasteiger partial charge in [0.05, 0.1) is 25.4 Å². The van der Waals surface area contributed by atoms with Crippen LogP contribution >= 0.6 is 11.6 Å². The van der Waals surface area contributed by atoms with Crippen LogP contribution in [0.4, 0.5) is 0 Å². The Labute approximate surface area is 147 Å². The fraction of sp³-hybridized carbons (Fsp3) is 0.467. The monoisotopic (exact) mass is 372 g/mol. The van der Waals surface area contributed by atoms with Crippen molar-refractivity contribution in [3.05, 3.63) is 46.5 Å². The molecule has 132 valence electrons. The summed E-state index contributed by atoms with van der Waals surface area (Å²) < 4.78 is 32.3. The Bertz CT molecular complexity index is 775. The molecule has 0 aliphatic carbocycles. The second-order valence-corrected chi connectivity index (χ2v) is 7.74. The zero-order valence-electron chi connectivity index (χ0n) is 13.9. The molecule has 0 spiro atoms. The van der Waals surface area contributed by atoms with Crippen LogP contribution in [0.5, 0.6) is 0 Å². The van der Waals surface area contributed by atoms with Gasteiger partial charge in [-0.1, -0.05) is 23.7 Å². The minimum atomic E-state index is -3.35. The number of rotatable bonds is 8. The van der Waals surface area contributed by atoms with Crippen molar-refractivity contribution < 1.29 is 13.2 Å². The van der Waals surface area contributed by atoms with E-state index in [-0.39, 0.29) is 0 Å². The number of sulfonamides is 1. The van der Waals surface area contributed by atoms with Gasteiger partial charge in [0.25, 0.3) is 0 Å². The number of hydrogen-bond donors (Lipinski definition) is 1. The van der Waals surface area contributed by atoms with Crippen LogP contribution in [0.2, 0.25) is 5.02 Å². The molecule has 0 aliphatic rings. The van der Waals surface area contributed by atoms with E-state index in [4.69, 9.17) is 16.3 Å². The molecule has 1 N–H and O–H groups in total. The Kier molecular flexibility index (Phi) is 6.34. The van der Waals surface area contributed by atoms with E-state index in [0.29, 0.717) is 36.2 Å². The van der Waals surface area contributed by atoms with E-state index in [2.05, 4.69) is 14.8 Å². The van der Waals surface area contributed by atoms with E-state index in [0.717, 1.165) is 11.8 Å². The molecule has 1 unspecified atom stereocenters. The third kappa shape index (κ3) is 5.55. The molecule has 0 aliphatic heterocycles. The van der Waals surface area contributed by atoms with Gasteiger partial charge in [-0.15, -0.1) is 0 Å². The number of hydrogen-bond acceptors (Lipinski definition) is 5. The number of nitrogens with zero attached hydrogens (tertiary/aromatic N) is 3. The highest BCUT2D eigenvalue weighted by Gasteiger charge is 2.19. The number of ether oxygens (including phenoxy) is 1. The van der Waals surface area contributed by atoms with E-state index >= 15 is 0 Å². The summed E-state index contributed by atoms with van der Waals surface area (Å²) in [7, 11) is -1.74. The van der Waals surface area contributed by atoms with Crippen molar-refractivity contribution in [2.75, 3.05) is 20.0 Å². The third-order valence-electron chi connectivity index (χ3n) is 3.30. The lowest BCUT2D eigenvalue weighted by atomic mass is 10.2. The van der Waals surface area contributed by atoms with E-state index in [1.54, 1.807) is 30.8 Å². The summed E-state index contributed by atoms with van der Waals surface area (Å²) in [5.41, 5.74) is 0.996. The molecule has 24 heavy (non-hydrogen) atoms. The number of methoxy groups -OCH3 is 1. The first-order valence-electron chi connectivity index (χ1n) is 7.43. The van der Waals surface area contributed by atoms with Crippen molar-refractivity contribution in [1.82, 2.24) is 19.5 Å². The molecule has 1 aromatic heterocycles. The van der Waals surface area contributed by atoms with E-state index in [1.165, 1.54) is 0 Å². The molecule has 7 nitrogen and oxygen atoms in total. The zero-order valence-corrected chi connectivity index (χ0v) is 15.4. The average Bonchev–Trinajstić information content (AvgIpc) is 2.89. The van der Waals surface area contributed by atoms with Crippen molar-refractivity contribution in [2.45, 2.75) is 25.9 Å². The summed E-state index contributed by atoms with van der Waals surface area (Å²) >= 11 is 5.90. The molecule has 9 heteroatoms. The number of aromatic nitrogens is 3. The first kappa shape index (κ1) is 18.9. The quantitative estimate of drug-likeness (QED) is 0.763. The molecule has 0 radical (unpaired) electrons. The highest BCUT2D eigenvalue weighted by Crippen LogP contribution is 2.15. The van der Waals surface area contributed by atoms with Crippen LogP contribution in [0, 0.1) is 0 Å². The van der Waals surface area contributed by atoms with E-state index in [1.807, 2.05) is 12.1 Å². The molecule has 0 fully saturated rings. The molecule has 1 aromatic carbocycles. The van der Waals surface area contributed by atoms with Gasteiger partial charge < -0.3 is 4.74 Å². The lowest BCUT2D eigenvalue weighted by molar-refractivity contribution is 0.200. The lowest BCUT2D eigenvalue weighted by Crippen LogP contribution is -2.28. The second-order valence-electron chi connectivity index (χ2n) is 5.52. The van der Waals surface area contributed by atoms with Gasteiger partial charge >= 0.3 is 0 Å². The zero-order chi connectivity index (χ0) is 17.7. The van der Waals surface area contributed by atoms with Crippen molar-refractivity contribution in [1.29, 1.82) is 0 Å². The average molecular weight is 373 g/mol. The molecule has 2 rings (SSSR count). The molecular weight excluding hydrogens is 352 g/mol. The molecular formula is C15H21ClN4O3S. The minimum Gasteiger partial charge on any atom is -0.384 e. The SMILES string of the molecule is COCCc1nc(C(C)NS(C)(=O)=O)n(Cc2ccc(Cl)cc2)n1. The summed E-state index contributed by atoms with van der Waals surface area (Å²) in [6.45, 7) is 2.71. The van der Waals surface area contributed by atoms with Gasteiger partial charge in [0.2, 0.25) is 10.0 Å². The predicted molar refractivity (Wildman–Crippen MR) is 92.6 cm³/mol. The Hall–Kier alpha value is -1.48. The van der Waals surface area contributed by atoms with Crippen molar-refractivity contribution in [2.24, 2.45) is 0 Å². The van der Waals surface area contributed by atoms with Crippen molar-refractivity contribution in [3.63, 3.8) is 0 Å². The fourth-order valence-electron chi connectivity index (χ4n) is 2.28. The highest BCUT2D eigenvalue weighted by atomic mass is 35.5. The predicted octanol–water partition coefficient (Wildman–Crippen LogP) is 1.78. The standard InChI is InChI=1S/C15H21ClN4O3S/c1-11(19-24(3,21)22)15-17-14(8-9-23-2)18-20(15)10-12-4-6-13(16)7-5-12/h4-7,11,19H,8-10H2,1-3H3. The van der Waals surface area contributed by atoms with Crippen LogP contribution < -0.4 is 4.72 Å². The molecule has 1 heterocycles. The molecule has 0 amide bonds. The summed E-state index contributed by atoms with van der Waals surface area (Å²) in [4.78, 5) is 4.46. The summed E-state index contributed by atoms with van der Waals surface area (Å²) in [5.74, 6) is 1.17. The molecule has 1 atom stereocenters. The van der Waals surface area contributed by atoms with E-state index in [9.17, 15) is 8.42 Å². The maximum atomic E-state index is 11.5. The van der Waals surface area contributed by atoms with Crippen LogP contribution in [-0.2, 0) is 27.7 Å². The van der Waals surface area contributed by atoms with Crippen molar-refractivity contribution in [3.8, 4) is 0 Å². The minimum absolute atomic E-state index is 0.474. The number of nitrogens with one attached hydrogen (secondary N) is 1. The largest absolute Gasteiger partial charge is 0.384 e. The van der Waals surface area contributed by atoms with Crippen molar-refractivity contribution >= 4 is 21.6 Å². The topological polar surface area (TPSA) is 86.1 Å². The van der Waals surface area contributed by atoms with Crippen LogP contribution in [-0.4, -0.2) is 43.2 Å². The number of halogens is 1.